The molecule has 0 amide bonds. The fraction of sp³-hybridized carbons (Fsp3) is 0.400. The van der Waals surface area contributed by atoms with Crippen LogP contribution in [0, 0.1) is 6.92 Å². The van der Waals surface area contributed by atoms with Gasteiger partial charge in [-0.3, -0.25) is 0 Å². The first-order valence-electron chi connectivity index (χ1n) is 4.27. The maximum atomic E-state index is 9.65. The van der Waals surface area contributed by atoms with Gasteiger partial charge in [-0.2, -0.15) is 0 Å². The van der Waals surface area contributed by atoms with E-state index in [4.69, 9.17) is 0 Å². The van der Waals surface area contributed by atoms with Gasteiger partial charge in [0.2, 0.25) is 0 Å². The highest BCUT2D eigenvalue weighted by Gasteiger charge is 2.17. The molecule has 2 unspecified atom stereocenters. The Morgan fingerprint density at radius 3 is 2.43 bits per heavy atom. The largest absolute Gasteiger partial charge is 0.508 e. The van der Waals surface area contributed by atoms with Crippen LogP contribution < -0.4 is 0 Å². The summed E-state index contributed by atoms with van der Waals surface area (Å²) in [5, 5.41) is 28.6. The summed E-state index contributed by atoms with van der Waals surface area (Å²) >= 11 is 3.08. The van der Waals surface area contributed by atoms with Gasteiger partial charge in [-0.25, -0.2) is 0 Å². The van der Waals surface area contributed by atoms with Crippen molar-refractivity contribution in [2.75, 3.05) is 5.33 Å². The molecule has 0 aliphatic rings. The summed E-state index contributed by atoms with van der Waals surface area (Å²) < 4.78 is 0. The van der Waals surface area contributed by atoms with E-state index in [1.807, 2.05) is 6.92 Å². The maximum absolute atomic E-state index is 9.65. The van der Waals surface area contributed by atoms with E-state index in [2.05, 4.69) is 15.9 Å². The molecule has 0 bridgehead atoms. The van der Waals surface area contributed by atoms with Crippen LogP contribution in [0.3, 0.4) is 0 Å². The number of phenols is 1. The zero-order valence-corrected chi connectivity index (χ0v) is 9.40. The molecule has 3 nitrogen and oxygen atoms in total. The van der Waals surface area contributed by atoms with E-state index in [1.165, 1.54) is 6.07 Å². The molecular formula is C10H13BrO3. The van der Waals surface area contributed by atoms with Crippen molar-refractivity contribution in [2.45, 2.75) is 19.1 Å². The number of aryl methyl sites for hydroxylation is 1. The number of phenolic OH excluding ortho intramolecular Hbond substituents is 1. The van der Waals surface area contributed by atoms with E-state index in [-0.39, 0.29) is 5.75 Å². The minimum absolute atomic E-state index is 0.0980. The molecule has 0 aromatic heterocycles. The fourth-order valence-corrected chi connectivity index (χ4v) is 1.62. The standard InChI is InChI=1S/C10H13BrO3/c1-6-2-7(4-8(12)3-6)10(14)9(13)5-11/h2-4,9-10,12-14H,5H2,1H3. The number of hydrogen-bond acceptors (Lipinski definition) is 3. The third-order valence-corrected chi connectivity index (χ3v) is 2.61. The molecule has 1 rings (SSSR count). The first-order valence-corrected chi connectivity index (χ1v) is 5.39. The minimum Gasteiger partial charge on any atom is -0.508 e. The lowest BCUT2D eigenvalue weighted by Gasteiger charge is -2.16. The molecule has 0 saturated carbocycles. The highest BCUT2D eigenvalue weighted by atomic mass is 79.9. The third-order valence-electron chi connectivity index (χ3n) is 1.95. The van der Waals surface area contributed by atoms with Crippen LogP contribution >= 0.6 is 15.9 Å². The lowest BCUT2D eigenvalue weighted by Crippen LogP contribution is -2.19. The number of aliphatic hydroxyl groups excluding tert-OH is 2. The zero-order chi connectivity index (χ0) is 10.7. The molecule has 0 spiro atoms. The molecule has 4 heteroatoms. The van der Waals surface area contributed by atoms with Crippen molar-refractivity contribution in [2.24, 2.45) is 0 Å². The van der Waals surface area contributed by atoms with E-state index < -0.39 is 12.2 Å². The molecule has 78 valence electrons. The zero-order valence-electron chi connectivity index (χ0n) is 7.81. The third kappa shape index (κ3) is 2.70. The van der Waals surface area contributed by atoms with Crippen molar-refractivity contribution in [1.82, 2.24) is 0 Å². The van der Waals surface area contributed by atoms with Gasteiger partial charge in [0, 0.05) is 5.33 Å². The Labute approximate surface area is 91.1 Å². The average molecular weight is 261 g/mol. The van der Waals surface area contributed by atoms with Crippen molar-refractivity contribution in [1.29, 1.82) is 0 Å². The molecule has 0 radical (unpaired) electrons. The van der Waals surface area contributed by atoms with E-state index in [1.54, 1.807) is 12.1 Å². The predicted octanol–water partition coefficient (Wildman–Crippen LogP) is 1.49. The van der Waals surface area contributed by atoms with Crippen molar-refractivity contribution in [3.05, 3.63) is 29.3 Å². The van der Waals surface area contributed by atoms with Gasteiger partial charge in [-0.15, -0.1) is 0 Å². The Kier molecular flexibility index (Phi) is 3.92. The van der Waals surface area contributed by atoms with Gasteiger partial charge in [0.15, 0.2) is 0 Å². The Morgan fingerprint density at radius 1 is 1.29 bits per heavy atom. The molecule has 1 aromatic rings. The number of benzene rings is 1. The second-order valence-corrected chi connectivity index (χ2v) is 3.92. The minimum atomic E-state index is -0.972. The molecular weight excluding hydrogens is 248 g/mol. The molecule has 0 saturated heterocycles. The summed E-state index contributed by atoms with van der Waals surface area (Å²) in [5.41, 5.74) is 1.37. The Hall–Kier alpha value is -0.580. The summed E-state index contributed by atoms with van der Waals surface area (Å²) in [6, 6.07) is 4.77. The van der Waals surface area contributed by atoms with Gasteiger partial charge < -0.3 is 15.3 Å². The van der Waals surface area contributed by atoms with Gasteiger partial charge in [0.25, 0.3) is 0 Å². The first kappa shape index (κ1) is 11.5. The highest BCUT2D eigenvalue weighted by Crippen LogP contribution is 2.23. The van der Waals surface area contributed by atoms with Crippen LogP contribution in [0.4, 0.5) is 0 Å². The van der Waals surface area contributed by atoms with Gasteiger partial charge in [0.05, 0.1) is 6.10 Å². The summed E-state index contributed by atoms with van der Waals surface area (Å²) in [7, 11) is 0. The first-order chi connectivity index (χ1) is 6.54. The van der Waals surface area contributed by atoms with Crippen LogP contribution in [0.2, 0.25) is 0 Å². The molecule has 14 heavy (non-hydrogen) atoms. The Morgan fingerprint density at radius 2 is 1.93 bits per heavy atom. The van der Waals surface area contributed by atoms with Crippen molar-refractivity contribution >= 4 is 15.9 Å². The molecule has 0 heterocycles. The molecule has 0 aliphatic heterocycles. The Balaban J connectivity index is 2.94. The second-order valence-electron chi connectivity index (χ2n) is 3.27. The van der Waals surface area contributed by atoms with Gasteiger partial charge >= 0.3 is 0 Å². The number of rotatable bonds is 3. The fourth-order valence-electron chi connectivity index (χ4n) is 1.27. The SMILES string of the molecule is Cc1cc(O)cc(C(O)C(O)CBr)c1. The van der Waals surface area contributed by atoms with Crippen molar-refractivity contribution < 1.29 is 15.3 Å². The number of halogens is 1. The van der Waals surface area contributed by atoms with Crippen LogP contribution in [0.1, 0.15) is 17.2 Å². The molecule has 1 aromatic carbocycles. The van der Waals surface area contributed by atoms with E-state index in [0.717, 1.165) is 5.56 Å². The normalized spacial score (nSPS) is 15.1. The average Bonchev–Trinajstić information content (AvgIpc) is 2.14. The smallest absolute Gasteiger partial charge is 0.116 e. The number of hydrogen-bond donors (Lipinski definition) is 3. The number of aliphatic hydroxyl groups is 2. The van der Waals surface area contributed by atoms with Gasteiger partial charge in [-0.1, -0.05) is 22.0 Å². The van der Waals surface area contributed by atoms with Crippen LogP contribution in [-0.2, 0) is 0 Å². The number of aromatic hydroxyl groups is 1. The second kappa shape index (κ2) is 4.77. The van der Waals surface area contributed by atoms with E-state index in [0.29, 0.717) is 10.9 Å². The monoisotopic (exact) mass is 260 g/mol. The van der Waals surface area contributed by atoms with Crippen LogP contribution in [0.5, 0.6) is 5.75 Å². The van der Waals surface area contributed by atoms with E-state index >= 15 is 0 Å². The number of alkyl halides is 1. The summed E-state index contributed by atoms with van der Waals surface area (Å²) in [5.74, 6) is 0.0980. The van der Waals surface area contributed by atoms with Crippen molar-refractivity contribution in [3.8, 4) is 5.75 Å². The van der Waals surface area contributed by atoms with E-state index in [9.17, 15) is 15.3 Å². The Bertz CT molecular complexity index is 294. The lowest BCUT2D eigenvalue weighted by molar-refractivity contribution is 0.0341. The van der Waals surface area contributed by atoms with Crippen LogP contribution in [0.25, 0.3) is 0 Å². The van der Waals surface area contributed by atoms with Crippen molar-refractivity contribution in [3.63, 3.8) is 0 Å². The highest BCUT2D eigenvalue weighted by molar-refractivity contribution is 9.09. The van der Waals surface area contributed by atoms with Crippen LogP contribution in [0.15, 0.2) is 18.2 Å². The molecule has 2 atom stereocenters. The lowest BCUT2D eigenvalue weighted by atomic mass is 10.0. The predicted molar refractivity (Wildman–Crippen MR) is 57.6 cm³/mol. The molecule has 3 N–H and O–H groups in total. The van der Waals surface area contributed by atoms with Gasteiger partial charge in [-0.05, 0) is 30.2 Å². The topological polar surface area (TPSA) is 60.7 Å². The molecule has 0 aliphatic carbocycles. The van der Waals surface area contributed by atoms with Crippen LogP contribution in [-0.4, -0.2) is 26.8 Å². The summed E-state index contributed by atoms with van der Waals surface area (Å²) in [4.78, 5) is 0. The summed E-state index contributed by atoms with van der Waals surface area (Å²) in [6.45, 7) is 1.82. The summed E-state index contributed by atoms with van der Waals surface area (Å²) in [6.07, 6.45) is -1.84. The van der Waals surface area contributed by atoms with Gasteiger partial charge in [0.1, 0.15) is 11.9 Å². The quantitative estimate of drug-likeness (QED) is 0.722. The molecule has 0 fully saturated rings. The maximum Gasteiger partial charge on any atom is 0.116 e.